The number of hydrogen-bond acceptors (Lipinski definition) is 14. The van der Waals surface area contributed by atoms with Crippen molar-refractivity contribution in [2.24, 2.45) is 5.73 Å². The highest BCUT2D eigenvalue weighted by Crippen LogP contribution is 2.12. The van der Waals surface area contributed by atoms with Crippen molar-refractivity contribution in [2.45, 2.75) is 63.0 Å². The molecule has 0 aliphatic heterocycles. The third-order valence-corrected chi connectivity index (χ3v) is 7.05. The summed E-state index contributed by atoms with van der Waals surface area (Å²) in [4.78, 5) is 75.4. The highest BCUT2D eigenvalue weighted by molar-refractivity contribution is 5.94. The lowest BCUT2D eigenvalue weighted by Crippen LogP contribution is -2.45. The number of carbonyl (C=O) groups is 4. The van der Waals surface area contributed by atoms with Gasteiger partial charge in [0.15, 0.2) is 11.2 Å². The molecule has 0 spiro atoms. The first-order valence-electron chi connectivity index (χ1n) is 15.0. The van der Waals surface area contributed by atoms with Crippen LogP contribution in [0.1, 0.15) is 48.2 Å². The molecule has 0 aliphatic rings. The van der Waals surface area contributed by atoms with Crippen LogP contribution in [0.15, 0.2) is 35.3 Å². The SMILES string of the molecule is NC(=O)[C@H](CCC(=O)NCC[C@@H](O)[C@H](O)[C@H](O)CO)NC(=O)CCCNC(=O)c1ccc(NCc2cnc3nc(N)[nH]c(=O)c3n2)cc1. The molecule has 19 heteroatoms. The van der Waals surface area contributed by atoms with Gasteiger partial charge in [-0.05, 0) is 43.5 Å². The Morgan fingerprint density at radius 3 is 2.33 bits per heavy atom. The molecule has 19 nitrogen and oxygen atoms in total. The number of aliphatic hydroxyl groups excluding tert-OH is 4. The van der Waals surface area contributed by atoms with Crippen LogP contribution in [0.2, 0.25) is 0 Å². The fourth-order valence-corrected chi connectivity index (χ4v) is 4.35. The molecule has 1 aromatic carbocycles. The van der Waals surface area contributed by atoms with Gasteiger partial charge in [0.2, 0.25) is 23.7 Å². The molecule has 0 saturated carbocycles. The lowest BCUT2D eigenvalue weighted by Gasteiger charge is -2.21. The van der Waals surface area contributed by atoms with Crippen molar-refractivity contribution in [1.29, 1.82) is 0 Å². The van der Waals surface area contributed by atoms with Crippen molar-refractivity contribution in [3.63, 3.8) is 0 Å². The minimum Gasteiger partial charge on any atom is -0.394 e. The van der Waals surface area contributed by atoms with Crippen LogP contribution in [0.5, 0.6) is 0 Å². The van der Waals surface area contributed by atoms with Crippen molar-refractivity contribution < 1.29 is 39.6 Å². The predicted octanol–water partition coefficient (Wildman–Crippen LogP) is -3.25. The van der Waals surface area contributed by atoms with Gasteiger partial charge in [0, 0.05) is 37.2 Å². The zero-order valence-corrected chi connectivity index (χ0v) is 25.9. The number of amides is 4. The Kier molecular flexibility index (Phi) is 14.1. The monoisotopic (exact) mass is 672 g/mol. The van der Waals surface area contributed by atoms with Gasteiger partial charge in [-0.1, -0.05) is 0 Å². The van der Waals surface area contributed by atoms with E-state index in [0.29, 0.717) is 16.9 Å². The van der Waals surface area contributed by atoms with Crippen molar-refractivity contribution in [3.05, 3.63) is 52.1 Å². The van der Waals surface area contributed by atoms with Crippen LogP contribution >= 0.6 is 0 Å². The van der Waals surface area contributed by atoms with Gasteiger partial charge < -0.3 is 53.2 Å². The molecule has 0 fully saturated rings. The van der Waals surface area contributed by atoms with Crippen LogP contribution in [0.25, 0.3) is 11.2 Å². The highest BCUT2D eigenvalue weighted by atomic mass is 16.4. The number of nitrogens with two attached hydrogens (primary N) is 2. The quantitative estimate of drug-likeness (QED) is 0.0557. The summed E-state index contributed by atoms with van der Waals surface area (Å²) < 4.78 is 0. The summed E-state index contributed by atoms with van der Waals surface area (Å²) in [5.74, 6) is -2.23. The number of aromatic amines is 1. The van der Waals surface area contributed by atoms with Crippen LogP contribution in [-0.4, -0.2) is 108 Å². The molecule has 2 heterocycles. The summed E-state index contributed by atoms with van der Waals surface area (Å²) in [6.07, 6.45) is -3.10. The summed E-state index contributed by atoms with van der Waals surface area (Å²) in [5, 5.41) is 48.3. The highest BCUT2D eigenvalue weighted by Gasteiger charge is 2.24. The fraction of sp³-hybridized carbons (Fsp3) is 0.448. The molecule has 0 radical (unpaired) electrons. The minimum absolute atomic E-state index is 0.0218. The Morgan fingerprint density at radius 2 is 1.65 bits per heavy atom. The number of H-pyrrole nitrogens is 1. The average Bonchev–Trinajstić information content (AvgIpc) is 3.06. The zero-order chi connectivity index (χ0) is 35.2. The number of fused-ring (bicyclic) bond motifs is 1. The number of nitrogen functional groups attached to an aromatic ring is 1. The number of primary amides is 1. The molecule has 2 aromatic heterocycles. The maximum absolute atomic E-state index is 12.5. The number of hydrogen-bond donors (Lipinski definition) is 11. The number of carbonyl (C=O) groups excluding carboxylic acids is 4. The minimum atomic E-state index is -1.58. The van der Waals surface area contributed by atoms with Crippen molar-refractivity contribution in [2.75, 3.05) is 30.7 Å². The Labute approximate surface area is 273 Å². The van der Waals surface area contributed by atoms with Crippen LogP contribution in [0, 0.1) is 0 Å². The maximum atomic E-state index is 12.5. The van der Waals surface area contributed by atoms with Gasteiger partial charge in [0.05, 0.1) is 31.1 Å². The molecule has 0 saturated heterocycles. The van der Waals surface area contributed by atoms with Crippen molar-refractivity contribution in [3.8, 4) is 0 Å². The topological polar surface area (TPSA) is 321 Å². The van der Waals surface area contributed by atoms with Crippen LogP contribution in [0.3, 0.4) is 0 Å². The number of aliphatic hydroxyl groups is 4. The maximum Gasteiger partial charge on any atom is 0.280 e. The normalized spacial score (nSPS) is 13.6. The van der Waals surface area contributed by atoms with E-state index in [2.05, 4.69) is 41.2 Å². The molecule has 3 rings (SSSR count). The standard InChI is InChI=1S/C29H40N10O9/c30-25(46)18(7-8-21(43)32-11-9-19(41)24(45)20(42)14-40)37-22(44)2-1-10-33-27(47)15-3-5-16(6-4-15)34-12-17-13-35-26-23(36-17)28(48)39-29(31)38-26/h3-6,13,18-20,24,34,40-42,45H,1-2,7-12,14H2,(H2,30,46)(H,32,43)(H,33,47)(H,37,44)(H3,31,35,38,39,48)/t18-,19+,20+,24-/m0/s1. The summed E-state index contributed by atoms with van der Waals surface area (Å²) in [6, 6.07) is 5.48. The van der Waals surface area contributed by atoms with E-state index in [9.17, 15) is 39.3 Å². The smallest absolute Gasteiger partial charge is 0.280 e. The van der Waals surface area contributed by atoms with E-state index in [-0.39, 0.29) is 74.8 Å². The van der Waals surface area contributed by atoms with Crippen molar-refractivity contribution in [1.82, 2.24) is 35.9 Å². The van der Waals surface area contributed by atoms with Gasteiger partial charge in [-0.3, -0.25) is 29.0 Å². The predicted molar refractivity (Wildman–Crippen MR) is 171 cm³/mol. The number of aromatic nitrogens is 4. The molecular weight excluding hydrogens is 632 g/mol. The second-order valence-corrected chi connectivity index (χ2v) is 10.8. The summed E-state index contributed by atoms with van der Waals surface area (Å²) in [7, 11) is 0. The summed E-state index contributed by atoms with van der Waals surface area (Å²) in [5.41, 5.74) is 12.1. The molecule has 4 amide bonds. The first-order valence-corrected chi connectivity index (χ1v) is 15.0. The number of anilines is 2. The fourth-order valence-electron chi connectivity index (χ4n) is 4.35. The van der Waals surface area contributed by atoms with Gasteiger partial charge in [-0.25, -0.2) is 9.97 Å². The number of nitrogens with one attached hydrogen (secondary N) is 5. The van der Waals surface area contributed by atoms with Crippen LogP contribution in [0.4, 0.5) is 11.6 Å². The molecule has 260 valence electrons. The third kappa shape index (κ3) is 11.5. The number of nitrogens with zero attached hydrogens (tertiary/aromatic N) is 3. The molecule has 3 aromatic rings. The first kappa shape index (κ1) is 37.2. The Balaban J connectivity index is 1.34. The van der Waals surface area contributed by atoms with E-state index in [1.165, 1.54) is 6.20 Å². The largest absolute Gasteiger partial charge is 0.394 e. The second kappa shape index (κ2) is 18.2. The number of rotatable bonds is 19. The second-order valence-electron chi connectivity index (χ2n) is 10.8. The molecule has 13 N–H and O–H groups in total. The van der Waals surface area contributed by atoms with Crippen molar-refractivity contribution >= 4 is 46.4 Å². The molecule has 4 atom stereocenters. The molecule has 0 aliphatic carbocycles. The molecular formula is C29H40N10O9. The van der Waals surface area contributed by atoms with E-state index in [0.717, 1.165) is 0 Å². The molecule has 0 unspecified atom stereocenters. The molecule has 48 heavy (non-hydrogen) atoms. The Bertz CT molecular complexity index is 1620. The molecule has 0 bridgehead atoms. The third-order valence-electron chi connectivity index (χ3n) is 7.05. The van der Waals surface area contributed by atoms with Crippen LogP contribution in [-0.2, 0) is 20.9 Å². The van der Waals surface area contributed by atoms with E-state index >= 15 is 0 Å². The van der Waals surface area contributed by atoms with Gasteiger partial charge in [0.25, 0.3) is 11.5 Å². The van der Waals surface area contributed by atoms with Crippen LogP contribution < -0.4 is 38.3 Å². The van der Waals surface area contributed by atoms with E-state index in [1.807, 2.05) is 0 Å². The Morgan fingerprint density at radius 1 is 0.917 bits per heavy atom. The lowest BCUT2D eigenvalue weighted by molar-refractivity contribution is -0.128. The van der Waals surface area contributed by atoms with E-state index < -0.39 is 54.2 Å². The van der Waals surface area contributed by atoms with E-state index in [4.69, 9.17) is 16.6 Å². The first-order chi connectivity index (χ1) is 22.9. The van der Waals surface area contributed by atoms with Gasteiger partial charge in [-0.15, -0.1) is 0 Å². The van der Waals surface area contributed by atoms with Gasteiger partial charge >= 0.3 is 0 Å². The Hall–Kier alpha value is -5.24. The lowest BCUT2D eigenvalue weighted by atomic mass is 10.1. The van der Waals surface area contributed by atoms with Gasteiger partial charge in [-0.2, -0.15) is 4.98 Å². The number of benzene rings is 1. The van der Waals surface area contributed by atoms with Gasteiger partial charge in [0.1, 0.15) is 18.2 Å². The average molecular weight is 673 g/mol. The zero-order valence-electron chi connectivity index (χ0n) is 25.9. The summed E-state index contributed by atoms with van der Waals surface area (Å²) >= 11 is 0. The summed E-state index contributed by atoms with van der Waals surface area (Å²) in [6.45, 7) is -0.357. The van der Waals surface area contributed by atoms with E-state index in [1.54, 1.807) is 24.3 Å².